The molecule has 0 spiro atoms. The summed E-state index contributed by atoms with van der Waals surface area (Å²) in [7, 11) is 0. The summed E-state index contributed by atoms with van der Waals surface area (Å²) >= 11 is 1.75. The third-order valence-corrected chi connectivity index (χ3v) is 3.75. The molecule has 2 nitrogen and oxygen atoms in total. The highest BCUT2D eigenvalue weighted by Gasteiger charge is 2.07. The van der Waals surface area contributed by atoms with Crippen molar-refractivity contribution < 1.29 is 0 Å². The molecule has 0 aliphatic carbocycles. The summed E-state index contributed by atoms with van der Waals surface area (Å²) in [4.78, 5) is 5.92. The predicted octanol–water partition coefficient (Wildman–Crippen LogP) is 3.68. The molecule has 3 heteroatoms. The molecule has 3 aromatic heterocycles. The summed E-state index contributed by atoms with van der Waals surface area (Å²) in [5, 5.41) is 2.11. The van der Waals surface area contributed by atoms with E-state index in [-0.39, 0.29) is 0 Å². The lowest BCUT2D eigenvalue weighted by atomic mass is 10.2. The van der Waals surface area contributed by atoms with Crippen molar-refractivity contribution in [2.45, 2.75) is 13.8 Å². The average molecular weight is 228 g/mol. The van der Waals surface area contributed by atoms with Gasteiger partial charge in [0.15, 0.2) is 0 Å². The van der Waals surface area contributed by atoms with Crippen LogP contribution in [0.15, 0.2) is 36.0 Å². The second-order valence-corrected chi connectivity index (χ2v) is 4.94. The second kappa shape index (κ2) is 3.46. The van der Waals surface area contributed by atoms with Crippen molar-refractivity contribution in [1.82, 2.24) is 9.38 Å². The quantitative estimate of drug-likeness (QED) is 0.621. The molecular weight excluding hydrogens is 216 g/mol. The molecule has 80 valence electrons. The second-order valence-electron chi connectivity index (χ2n) is 4.03. The van der Waals surface area contributed by atoms with Crippen molar-refractivity contribution >= 4 is 17.0 Å². The molecule has 0 aliphatic rings. The van der Waals surface area contributed by atoms with Crippen LogP contribution in [0.3, 0.4) is 0 Å². The molecule has 0 aromatic carbocycles. The number of imidazole rings is 1. The van der Waals surface area contributed by atoms with Crippen LogP contribution in [0.1, 0.15) is 11.1 Å². The average Bonchev–Trinajstić information content (AvgIpc) is 2.82. The Balaban J connectivity index is 2.23. The molecule has 0 saturated heterocycles. The van der Waals surface area contributed by atoms with Crippen molar-refractivity contribution in [2.24, 2.45) is 0 Å². The molecule has 0 saturated carbocycles. The highest BCUT2D eigenvalue weighted by Crippen LogP contribution is 2.28. The minimum atomic E-state index is 1.02. The zero-order valence-electron chi connectivity index (χ0n) is 9.27. The van der Waals surface area contributed by atoms with E-state index in [9.17, 15) is 0 Å². The maximum Gasteiger partial charge on any atom is 0.137 e. The van der Waals surface area contributed by atoms with Crippen LogP contribution in [-0.2, 0) is 0 Å². The summed E-state index contributed by atoms with van der Waals surface area (Å²) in [6.45, 7) is 4.21. The maximum atomic E-state index is 4.65. The van der Waals surface area contributed by atoms with Crippen molar-refractivity contribution in [2.75, 3.05) is 0 Å². The van der Waals surface area contributed by atoms with Gasteiger partial charge in [0.05, 0.1) is 10.6 Å². The number of fused-ring (bicyclic) bond motifs is 1. The Morgan fingerprint density at radius 3 is 2.88 bits per heavy atom. The topological polar surface area (TPSA) is 17.3 Å². The number of thiophene rings is 1. The normalized spacial score (nSPS) is 11.1. The van der Waals surface area contributed by atoms with E-state index >= 15 is 0 Å². The summed E-state index contributed by atoms with van der Waals surface area (Å²) in [5.41, 5.74) is 4.62. The Hall–Kier alpha value is -1.61. The summed E-state index contributed by atoms with van der Waals surface area (Å²) < 4.78 is 2.07. The fraction of sp³-hybridized carbons (Fsp3) is 0.154. The number of aryl methyl sites for hydroxylation is 2. The van der Waals surface area contributed by atoms with Gasteiger partial charge in [-0.25, -0.2) is 4.98 Å². The number of hydrogen-bond donors (Lipinski definition) is 0. The van der Waals surface area contributed by atoms with Gasteiger partial charge in [-0.15, -0.1) is 11.3 Å². The molecule has 16 heavy (non-hydrogen) atoms. The van der Waals surface area contributed by atoms with E-state index < -0.39 is 0 Å². The van der Waals surface area contributed by atoms with Crippen molar-refractivity contribution in [3.8, 4) is 10.6 Å². The molecule has 0 radical (unpaired) electrons. The Morgan fingerprint density at radius 1 is 1.25 bits per heavy atom. The van der Waals surface area contributed by atoms with Gasteiger partial charge in [-0.1, -0.05) is 0 Å². The van der Waals surface area contributed by atoms with Gasteiger partial charge in [0, 0.05) is 12.4 Å². The lowest BCUT2D eigenvalue weighted by molar-refractivity contribution is 1.17. The monoisotopic (exact) mass is 228 g/mol. The Kier molecular flexibility index (Phi) is 2.07. The van der Waals surface area contributed by atoms with Gasteiger partial charge in [-0.2, -0.15) is 0 Å². The molecule has 3 aromatic rings. The van der Waals surface area contributed by atoms with Crippen molar-refractivity contribution in [1.29, 1.82) is 0 Å². The maximum absolute atomic E-state index is 4.65. The van der Waals surface area contributed by atoms with Crippen LogP contribution in [0, 0.1) is 13.8 Å². The van der Waals surface area contributed by atoms with E-state index in [2.05, 4.69) is 59.2 Å². The van der Waals surface area contributed by atoms with Crippen LogP contribution in [-0.4, -0.2) is 9.38 Å². The highest BCUT2D eigenvalue weighted by molar-refractivity contribution is 7.13. The molecule has 0 amide bonds. The molecule has 0 bridgehead atoms. The van der Waals surface area contributed by atoms with E-state index in [1.54, 1.807) is 11.3 Å². The van der Waals surface area contributed by atoms with Crippen LogP contribution in [0.4, 0.5) is 0 Å². The van der Waals surface area contributed by atoms with Crippen LogP contribution < -0.4 is 0 Å². The van der Waals surface area contributed by atoms with E-state index in [0.717, 1.165) is 11.3 Å². The van der Waals surface area contributed by atoms with E-state index in [0.29, 0.717) is 0 Å². The van der Waals surface area contributed by atoms with E-state index in [4.69, 9.17) is 0 Å². The Labute approximate surface area is 98.2 Å². The molecule has 0 N–H and O–H groups in total. The van der Waals surface area contributed by atoms with E-state index in [1.165, 1.54) is 16.0 Å². The third kappa shape index (κ3) is 1.44. The highest BCUT2D eigenvalue weighted by atomic mass is 32.1. The van der Waals surface area contributed by atoms with Gasteiger partial charge >= 0.3 is 0 Å². The fourth-order valence-corrected chi connectivity index (χ4v) is 2.71. The van der Waals surface area contributed by atoms with Gasteiger partial charge in [0.25, 0.3) is 0 Å². The first-order valence-corrected chi connectivity index (χ1v) is 6.12. The van der Waals surface area contributed by atoms with Gasteiger partial charge in [-0.3, -0.25) is 0 Å². The number of nitrogens with zero attached hydrogens (tertiary/aromatic N) is 2. The molecule has 3 heterocycles. The van der Waals surface area contributed by atoms with Gasteiger partial charge < -0.3 is 4.40 Å². The number of hydrogen-bond acceptors (Lipinski definition) is 2. The molecular formula is C13H12N2S. The number of aromatic nitrogens is 2. The largest absolute Gasteiger partial charge is 0.306 e. The first kappa shape index (κ1) is 9.60. The zero-order chi connectivity index (χ0) is 11.1. The Morgan fingerprint density at radius 2 is 2.12 bits per heavy atom. The smallest absolute Gasteiger partial charge is 0.137 e. The molecule has 0 unspecified atom stereocenters. The minimum Gasteiger partial charge on any atom is -0.306 e. The minimum absolute atomic E-state index is 1.02. The molecule has 3 rings (SSSR count). The first-order chi connectivity index (χ1) is 7.74. The summed E-state index contributed by atoms with van der Waals surface area (Å²) in [5.74, 6) is 0. The third-order valence-electron chi connectivity index (χ3n) is 2.71. The van der Waals surface area contributed by atoms with E-state index in [1.807, 2.05) is 0 Å². The predicted molar refractivity (Wildman–Crippen MR) is 68.0 cm³/mol. The van der Waals surface area contributed by atoms with Crippen LogP contribution in [0.5, 0.6) is 0 Å². The fourth-order valence-electron chi connectivity index (χ4n) is 1.83. The first-order valence-electron chi connectivity index (χ1n) is 5.24. The lowest BCUT2D eigenvalue weighted by Crippen LogP contribution is -1.81. The standard InChI is InChI=1S/C13H12N2S/c1-9-3-5-15-8-11(14-12(15)7-9)13-10(2)4-6-16-13/h3-8H,1-2H3. The van der Waals surface area contributed by atoms with Crippen LogP contribution in [0.2, 0.25) is 0 Å². The van der Waals surface area contributed by atoms with Crippen molar-refractivity contribution in [3.63, 3.8) is 0 Å². The molecule has 0 atom stereocenters. The van der Waals surface area contributed by atoms with Gasteiger partial charge in [0.2, 0.25) is 0 Å². The van der Waals surface area contributed by atoms with Crippen LogP contribution in [0.25, 0.3) is 16.2 Å². The van der Waals surface area contributed by atoms with Crippen molar-refractivity contribution in [3.05, 3.63) is 47.1 Å². The van der Waals surface area contributed by atoms with Gasteiger partial charge in [-0.05, 0) is 48.6 Å². The molecule has 0 aliphatic heterocycles. The zero-order valence-corrected chi connectivity index (χ0v) is 10.1. The van der Waals surface area contributed by atoms with Gasteiger partial charge in [0.1, 0.15) is 5.65 Å². The Bertz CT molecular complexity index is 649. The lowest BCUT2D eigenvalue weighted by Gasteiger charge is -1.92. The SMILES string of the molecule is Cc1ccn2cc(-c3sccc3C)nc2c1. The number of pyridine rings is 1. The summed E-state index contributed by atoms with van der Waals surface area (Å²) in [6.07, 6.45) is 4.15. The number of rotatable bonds is 1. The molecule has 0 fully saturated rings. The summed E-state index contributed by atoms with van der Waals surface area (Å²) in [6, 6.07) is 6.33. The van der Waals surface area contributed by atoms with Crippen LogP contribution >= 0.6 is 11.3 Å².